The molecule has 1 unspecified atom stereocenters. The number of rotatable bonds is 7. The first-order valence-electron chi connectivity index (χ1n) is 11.4. The minimum Gasteiger partial charge on any atom is -0.444 e. The number of aromatic nitrogens is 2. The van der Waals surface area contributed by atoms with Gasteiger partial charge in [0.05, 0.1) is 6.04 Å². The van der Waals surface area contributed by atoms with Crippen molar-refractivity contribution in [1.82, 2.24) is 20.0 Å². The summed E-state index contributed by atoms with van der Waals surface area (Å²) in [4.78, 5) is 26.9. The molecule has 1 N–H and O–H groups in total. The van der Waals surface area contributed by atoms with Crippen molar-refractivity contribution < 1.29 is 27.5 Å². The zero-order valence-electron chi connectivity index (χ0n) is 19.5. The highest BCUT2D eigenvalue weighted by Crippen LogP contribution is 2.41. The average molecular weight is 479 g/mol. The van der Waals surface area contributed by atoms with Crippen LogP contribution >= 0.6 is 0 Å². The maximum absolute atomic E-state index is 14.2. The zero-order chi connectivity index (χ0) is 24.6. The van der Waals surface area contributed by atoms with E-state index in [2.05, 4.69) is 10.4 Å². The summed E-state index contributed by atoms with van der Waals surface area (Å²) in [6.45, 7) is 6.03. The first-order chi connectivity index (χ1) is 16.0. The molecule has 2 aliphatic rings. The summed E-state index contributed by atoms with van der Waals surface area (Å²) in [5.41, 5.74) is 0.273. The number of carbonyl (C=O) groups is 2. The Bertz CT molecular complexity index is 1070. The van der Waals surface area contributed by atoms with Gasteiger partial charge >= 0.3 is 6.09 Å². The fraction of sp³-hybridized carbons (Fsp3) is 0.542. The molecule has 1 aromatic heterocycles. The summed E-state index contributed by atoms with van der Waals surface area (Å²) in [5.74, 6) is -3.14. The quantitative estimate of drug-likeness (QED) is 0.609. The lowest BCUT2D eigenvalue weighted by Gasteiger charge is -2.40. The highest BCUT2D eigenvalue weighted by atomic mass is 19.2. The van der Waals surface area contributed by atoms with Crippen LogP contribution < -0.4 is 5.32 Å². The van der Waals surface area contributed by atoms with Crippen molar-refractivity contribution in [3.8, 4) is 0 Å². The lowest BCUT2D eigenvalue weighted by Crippen LogP contribution is -2.53. The first-order valence-corrected chi connectivity index (χ1v) is 11.4. The molecule has 10 heteroatoms. The Balaban J connectivity index is 1.41. The van der Waals surface area contributed by atoms with Gasteiger partial charge in [-0.2, -0.15) is 5.10 Å². The topological polar surface area (TPSA) is 76.5 Å². The van der Waals surface area contributed by atoms with Crippen molar-refractivity contribution in [2.45, 2.75) is 70.1 Å². The molecule has 4 rings (SSSR count). The van der Waals surface area contributed by atoms with Crippen molar-refractivity contribution in [3.63, 3.8) is 0 Å². The normalized spacial score (nSPS) is 17.3. The van der Waals surface area contributed by atoms with Gasteiger partial charge in [-0.1, -0.05) is 0 Å². The van der Waals surface area contributed by atoms with Crippen LogP contribution in [0.4, 0.5) is 18.0 Å². The molecule has 1 saturated carbocycles. The van der Waals surface area contributed by atoms with Crippen LogP contribution in [0.1, 0.15) is 63.3 Å². The fourth-order valence-electron chi connectivity index (χ4n) is 4.12. The van der Waals surface area contributed by atoms with Crippen molar-refractivity contribution in [1.29, 1.82) is 0 Å². The molecule has 2 heterocycles. The van der Waals surface area contributed by atoms with Crippen LogP contribution in [-0.2, 0) is 16.0 Å². The molecule has 184 valence electrons. The van der Waals surface area contributed by atoms with Crippen LogP contribution in [0.2, 0.25) is 0 Å². The van der Waals surface area contributed by atoms with E-state index in [1.54, 1.807) is 31.9 Å². The van der Waals surface area contributed by atoms with Crippen molar-refractivity contribution >= 4 is 12.0 Å². The van der Waals surface area contributed by atoms with Crippen LogP contribution in [-0.4, -0.2) is 51.4 Å². The van der Waals surface area contributed by atoms with Gasteiger partial charge in [0, 0.05) is 49.4 Å². The smallest absolute Gasteiger partial charge is 0.407 e. The standard InChI is InChI=1S/C24H29F3N4O3/c1-24(2,3)34-23(33)29-16(8-15-9-19(26)20(27)11-18(15)25)10-22(32)30-12-17(13-30)31-21(6-7-28-31)14-4-5-14/h6-7,9,11,14,16-17H,4-5,8,10,12-13H2,1-3H3,(H,29,33). The number of likely N-dealkylation sites (tertiary alicyclic amines) is 1. The Morgan fingerprint density at radius 1 is 1.15 bits per heavy atom. The number of nitrogens with zero attached hydrogens (tertiary/aromatic N) is 3. The Morgan fingerprint density at radius 3 is 2.47 bits per heavy atom. The van der Waals surface area contributed by atoms with E-state index in [1.807, 2.05) is 10.7 Å². The SMILES string of the molecule is CC(C)(C)OC(=O)NC(CC(=O)N1CC(n2nccc2C2CC2)C1)Cc1cc(F)c(F)cc1F. The highest BCUT2D eigenvalue weighted by Gasteiger charge is 2.37. The van der Waals surface area contributed by atoms with Gasteiger partial charge in [-0.05, 0) is 57.7 Å². The molecule has 7 nitrogen and oxygen atoms in total. The molecule has 0 bridgehead atoms. The van der Waals surface area contributed by atoms with Gasteiger partial charge in [0.2, 0.25) is 5.91 Å². The predicted octanol–water partition coefficient (Wildman–Crippen LogP) is 4.09. The number of amides is 2. The van der Waals surface area contributed by atoms with Gasteiger partial charge in [-0.15, -0.1) is 0 Å². The van der Waals surface area contributed by atoms with Crippen LogP contribution in [0, 0.1) is 17.5 Å². The van der Waals surface area contributed by atoms with E-state index in [1.165, 1.54) is 5.69 Å². The van der Waals surface area contributed by atoms with Gasteiger partial charge in [-0.25, -0.2) is 18.0 Å². The summed E-state index contributed by atoms with van der Waals surface area (Å²) < 4.78 is 48.5. The average Bonchev–Trinajstić information content (AvgIpc) is 3.41. The summed E-state index contributed by atoms with van der Waals surface area (Å²) >= 11 is 0. The molecular formula is C24H29F3N4O3. The van der Waals surface area contributed by atoms with Crippen molar-refractivity contribution in [3.05, 3.63) is 53.1 Å². The summed E-state index contributed by atoms with van der Waals surface area (Å²) in [7, 11) is 0. The summed E-state index contributed by atoms with van der Waals surface area (Å²) in [6, 6.07) is 2.44. The van der Waals surface area contributed by atoms with Crippen LogP contribution in [0.25, 0.3) is 0 Å². The number of alkyl carbamates (subject to hydrolysis) is 1. The maximum atomic E-state index is 14.2. The minimum atomic E-state index is -1.30. The predicted molar refractivity (Wildman–Crippen MR) is 118 cm³/mol. The van der Waals surface area contributed by atoms with E-state index in [9.17, 15) is 22.8 Å². The molecular weight excluding hydrogens is 449 g/mol. The molecule has 1 saturated heterocycles. The Kier molecular flexibility index (Phi) is 6.60. The van der Waals surface area contributed by atoms with Gasteiger partial charge in [0.15, 0.2) is 11.6 Å². The van der Waals surface area contributed by atoms with Gasteiger partial charge in [-0.3, -0.25) is 9.48 Å². The van der Waals surface area contributed by atoms with Gasteiger partial charge in [0.1, 0.15) is 11.4 Å². The highest BCUT2D eigenvalue weighted by molar-refractivity contribution is 5.79. The Morgan fingerprint density at radius 2 is 1.82 bits per heavy atom. The van der Waals surface area contributed by atoms with E-state index in [-0.39, 0.29) is 30.4 Å². The molecule has 34 heavy (non-hydrogen) atoms. The second-order valence-corrected chi connectivity index (χ2v) is 10.0. The lowest BCUT2D eigenvalue weighted by molar-refractivity contribution is -0.137. The third-order valence-corrected chi connectivity index (χ3v) is 5.95. The first kappa shape index (κ1) is 24.1. The second-order valence-electron chi connectivity index (χ2n) is 10.0. The van der Waals surface area contributed by atoms with E-state index in [4.69, 9.17) is 4.74 Å². The largest absolute Gasteiger partial charge is 0.444 e. The fourth-order valence-corrected chi connectivity index (χ4v) is 4.12. The summed E-state index contributed by atoms with van der Waals surface area (Å²) in [5, 5.41) is 6.99. The zero-order valence-corrected chi connectivity index (χ0v) is 19.5. The molecule has 2 amide bonds. The van der Waals surface area contributed by atoms with Crippen LogP contribution in [0.5, 0.6) is 0 Å². The maximum Gasteiger partial charge on any atom is 0.407 e. The molecule has 1 atom stereocenters. The van der Waals surface area contributed by atoms with Crippen molar-refractivity contribution in [2.75, 3.05) is 13.1 Å². The van der Waals surface area contributed by atoms with E-state index < -0.39 is 35.2 Å². The molecule has 2 fully saturated rings. The van der Waals surface area contributed by atoms with Crippen LogP contribution in [0.15, 0.2) is 24.4 Å². The Labute approximate surface area is 196 Å². The molecule has 1 aliphatic carbocycles. The number of ether oxygens (including phenoxy) is 1. The number of benzene rings is 1. The van der Waals surface area contributed by atoms with E-state index in [0.29, 0.717) is 25.1 Å². The number of hydrogen-bond acceptors (Lipinski definition) is 4. The lowest BCUT2D eigenvalue weighted by atomic mass is 10.00. The third-order valence-electron chi connectivity index (χ3n) is 5.95. The molecule has 0 radical (unpaired) electrons. The van der Waals surface area contributed by atoms with Gasteiger partial charge in [0.25, 0.3) is 0 Å². The van der Waals surface area contributed by atoms with Crippen molar-refractivity contribution in [2.24, 2.45) is 0 Å². The summed E-state index contributed by atoms with van der Waals surface area (Å²) in [6.07, 6.45) is 2.96. The van der Waals surface area contributed by atoms with Crippen LogP contribution in [0.3, 0.4) is 0 Å². The molecule has 2 aromatic rings. The number of hydrogen-bond donors (Lipinski definition) is 1. The van der Waals surface area contributed by atoms with Gasteiger partial charge < -0.3 is 15.0 Å². The second kappa shape index (κ2) is 9.31. The molecule has 1 aliphatic heterocycles. The van der Waals surface area contributed by atoms with E-state index in [0.717, 1.165) is 18.9 Å². The monoisotopic (exact) mass is 478 g/mol. The third kappa shape index (κ3) is 5.71. The Hall–Kier alpha value is -3.04. The molecule has 0 spiro atoms. The minimum absolute atomic E-state index is 0.0930. The number of halogens is 3. The molecule has 1 aromatic carbocycles. The number of nitrogens with one attached hydrogen (secondary N) is 1. The number of carbonyl (C=O) groups excluding carboxylic acids is 2. The van der Waals surface area contributed by atoms with E-state index >= 15 is 0 Å².